The number of anilines is 1. The number of benzene rings is 2. The zero-order valence-corrected chi connectivity index (χ0v) is 13.9. The Kier molecular flexibility index (Phi) is 4.74. The van der Waals surface area contributed by atoms with Crippen LogP contribution in [0.1, 0.15) is 5.56 Å². The Morgan fingerprint density at radius 2 is 2.00 bits per heavy atom. The summed E-state index contributed by atoms with van der Waals surface area (Å²) in [7, 11) is 3.10. The van der Waals surface area contributed by atoms with Crippen LogP contribution in [0.25, 0.3) is 0 Å². The number of hydrogen-bond donors (Lipinski definition) is 2. The number of nitrogens with one attached hydrogen (secondary N) is 2. The van der Waals surface area contributed by atoms with E-state index >= 15 is 0 Å². The molecule has 130 valence electrons. The molecule has 1 aliphatic rings. The normalized spacial score (nSPS) is 15.4. The molecule has 25 heavy (non-hydrogen) atoms. The van der Waals surface area contributed by atoms with E-state index in [4.69, 9.17) is 14.2 Å². The van der Waals surface area contributed by atoms with E-state index in [1.807, 2.05) is 0 Å². The fourth-order valence-electron chi connectivity index (χ4n) is 2.50. The van der Waals surface area contributed by atoms with Gasteiger partial charge in [0.15, 0.2) is 0 Å². The van der Waals surface area contributed by atoms with Gasteiger partial charge in [0.05, 0.1) is 19.9 Å². The lowest BCUT2D eigenvalue weighted by Gasteiger charge is -2.25. The van der Waals surface area contributed by atoms with E-state index in [9.17, 15) is 9.59 Å². The molecule has 2 aromatic rings. The zero-order valence-electron chi connectivity index (χ0n) is 13.9. The largest absolute Gasteiger partial charge is 0.497 e. The Balaban J connectivity index is 1.68. The first-order valence-electron chi connectivity index (χ1n) is 7.67. The van der Waals surface area contributed by atoms with Crippen molar-refractivity contribution in [1.82, 2.24) is 5.32 Å². The summed E-state index contributed by atoms with van der Waals surface area (Å²) in [4.78, 5) is 24.4. The van der Waals surface area contributed by atoms with Gasteiger partial charge in [-0.25, -0.2) is 0 Å². The zero-order chi connectivity index (χ0) is 17.8. The van der Waals surface area contributed by atoms with E-state index in [2.05, 4.69) is 10.6 Å². The van der Waals surface area contributed by atoms with E-state index in [-0.39, 0.29) is 6.54 Å². The van der Waals surface area contributed by atoms with Crippen LogP contribution in [0.15, 0.2) is 42.5 Å². The van der Waals surface area contributed by atoms with Crippen LogP contribution in [0.2, 0.25) is 0 Å². The lowest BCUT2D eigenvalue weighted by Crippen LogP contribution is -2.48. The van der Waals surface area contributed by atoms with Crippen molar-refractivity contribution in [3.8, 4) is 17.2 Å². The quantitative estimate of drug-likeness (QED) is 0.808. The molecule has 2 aromatic carbocycles. The first kappa shape index (κ1) is 16.6. The van der Waals surface area contributed by atoms with Gasteiger partial charge in [-0.2, -0.15) is 0 Å². The Hall–Kier alpha value is -3.22. The molecule has 0 radical (unpaired) electrons. The molecule has 0 aliphatic carbocycles. The lowest BCUT2D eigenvalue weighted by atomic mass is 10.1. The maximum atomic E-state index is 12.4. The van der Waals surface area contributed by atoms with Crippen molar-refractivity contribution in [2.24, 2.45) is 0 Å². The molecule has 1 aliphatic heterocycles. The number of amides is 2. The van der Waals surface area contributed by atoms with Crippen molar-refractivity contribution in [1.29, 1.82) is 0 Å². The summed E-state index contributed by atoms with van der Waals surface area (Å²) >= 11 is 0. The Morgan fingerprint density at radius 1 is 1.20 bits per heavy atom. The molecular weight excluding hydrogens is 324 g/mol. The van der Waals surface area contributed by atoms with Gasteiger partial charge in [0, 0.05) is 18.2 Å². The van der Waals surface area contributed by atoms with Crippen LogP contribution in [0.3, 0.4) is 0 Å². The van der Waals surface area contributed by atoms with Crippen LogP contribution < -0.4 is 24.8 Å². The van der Waals surface area contributed by atoms with Crippen LogP contribution in [-0.2, 0) is 16.1 Å². The van der Waals surface area contributed by atoms with Crippen LogP contribution in [-0.4, -0.2) is 32.1 Å². The SMILES string of the molecule is COc1ccc(CNC(=O)C2Oc3ccccc3NC2=O)c(OC)c1. The fourth-order valence-corrected chi connectivity index (χ4v) is 2.50. The molecule has 1 heterocycles. The third kappa shape index (κ3) is 3.50. The first-order chi connectivity index (χ1) is 12.1. The van der Waals surface area contributed by atoms with Crippen molar-refractivity contribution in [2.45, 2.75) is 12.6 Å². The summed E-state index contributed by atoms with van der Waals surface area (Å²) in [5.41, 5.74) is 1.31. The van der Waals surface area contributed by atoms with Gasteiger partial charge in [-0.05, 0) is 24.3 Å². The Labute approximate surface area is 144 Å². The van der Waals surface area contributed by atoms with Crippen LogP contribution >= 0.6 is 0 Å². The van der Waals surface area contributed by atoms with Crippen LogP contribution in [0.5, 0.6) is 17.2 Å². The third-order valence-corrected chi connectivity index (χ3v) is 3.81. The average molecular weight is 342 g/mol. The predicted octanol–water partition coefficient (Wildman–Crippen LogP) is 1.72. The Morgan fingerprint density at radius 3 is 2.76 bits per heavy atom. The van der Waals surface area contributed by atoms with E-state index in [0.717, 1.165) is 5.56 Å². The second-order valence-electron chi connectivity index (χ2n) is 5.38. The summed E-state index contributed by atoms with van der Waals surface area (Å²) in [6.45, 7) is 0.195. The van der Waals surface area contributed by atoms with E-state index in [1.165, 1.54) is 7.11 Å². The molecule has 2 N–H and O–H groups in total. The van der Waals surface area contributed by atoms with E-state index in [0.29, 0.717) is 22.9 Å². The number of rotatable bonds is 5. The molecule has 3 rings (SSSR count). The predicted molar refractivity (Wildman–Crippen MR) is 90.9 cm³/mol. The highest BCUT2D eigenvalue weighted by molar-refractivity contribution is 6.11. The minimum atomic E-state index is -1.24. The molecule has 0 saturated carbocycles. The standard InChI is InChI=1S/C18H18N2O5/c1-23-12-8-7-11(15(9-12)24-2)10-19-17(21)16-18(22)20-13-5-3-4-6-14(13)25-16/h3-9,16H,10H2,1-2H3,(H,19,21)(H,20,22). The van der Waals surface area contributed by atoms with E-state index < -0.39 is 17.9 Å². The monoisotopic (exact) mass is 342 g/mol. The molecule has 0 bridgehead atoms. The van der Waals surface area contributed by atoms with Crippen molar-refractivity contribution < 1.29 is 23.8 Å². The van der Waals surface area contributed by atoms with Crippen molar-refractivity contribution >= 4 is 17.5 Å². The summed E-state index contributed by atoms with van der Waals surface area (Å²) in [6, 6.07) is 12.2. The maximum absolute atomic E-state index is 12.4. The van der Waals surface area contributed by atoms with Crippen molar-refractivity contribution in [3.63, 3.8) is 0 Å². The second-order valence-corrected chi connectivity index (χ2v) is 5.38. The second kappa shape index (κ2) is 7.12. The molecule has 0 saturated heterocycles. The summed E-state index contributed by atoms with van der Waals surface area (Å²) in [6.07, 6.45) is -1.24. The molecule has 0 spiro atoms. The average Bonchev–Trinajstić information content (AvgIpc) is 2.65. The highest BCUT2D eigenvalue weighted by Crippen LogP contribution is 2.29. The fraction of sp³-hybridized carbons (Fsp3) is 0.222. The van der Waals surface area contributed by atoms with Gasteiger partial charge in [0.1, 0.15) is 17.2 Å². The number of ether oxygens (including phenoxy) is 3. The summed E-state index contributed by atoms with van der Waals surface area (Å²) in [5.74, 6) is 0.671. The lowest BCUT2D eigenvalue weighted by molar-refractivity contribution is -0.137. The van der Waals surface area contributed by atoms with Gasteiger partial charge in [0.2, 0.25) is 0 Å². The highest BCUT2D eigenvalue weighted by Gasteiger charge is 2.33. The van der Waals surface area contributed by atoms with Crippen molar-refractivity contribution in [2.75, 3.05) is 19.5 Å². The maximum Gasteiger partial charge on any atom is 0.275 e. The minimum absolute atomic E-state index is 0.195. The third-order valence-electron chi connectivity index (χ3n) is 3.81. The summed E-state index contributed by atoms with van der Waals surface area (Å²) in [5, 5.41) is 5.36. The van der Waals surface area contributed by atoms with Gasteiger partial charge in [-0.3, -0.25) is 9.59 Å². The number of carbonyl (C=O) groups excluding carboxylic acids is 2. The van der Waals surface area contributed by atoms with Crippen LogP contribution in [0.4, 0.5) is 5.69 Å². The molecule has 0 fully saturated rings. The first-order valence-corrected chi connectivity index (χ1v) is 7.67. The molecule has 2 amide bonds. The minimum Gasteiger partial charge on any atom is -0.497 e. The van der Waals surface area contributed by atoms with Gasteiger partial charge in [0.25, 0.3) is 17.9 Å². The molecule has 7 heteroatoms. The molecule has 7 nitrogen and oxygen atoms in total. The highest BCUT2D eigenvalue weighted by atomic mass is 16.5. The molecular formula is C18H18N2O5. The van der Waals surface area contributed by atoms with Crippen LogP contribution in [0, 0.1) is 0 Å². The Bertz CT molecular complexity index is 806. The molecule has 1 atom stereocenters. The topological polar surface area (TPSA) is 85.9 Å². The van der Waals surface area contributed by atoms with Gasteiger partial charge >= 0.3 is 0 Å². The number of carbonyl (C=O) groups is 2. The van der Waals surface area contributed by atoms with Crippen molar-refractivity contribution in [3.05, 3.63) is 48.0 Å². The number of para-hydroxylation sites is 2. The number of fused-ring (bicyclic) bond motifs is 1. The van der Waals surface area contributed by atoms with E-state index in [1.54, 1.807) is 49.6 Å². The van der Waals surface area contributed by atoms with Gasteiger partial charge < -0.3 is 24.8 Å². The molecule has 0 aromatic heterocycles. The van der Waals surface area contributed by atoms with Gasteiger partial charge in [-0.1, -0.05) is 12.1 Å². The summed E-state index contributed by atoms with van der Waals surface area (Å²) < 4.78 is 15.9. The number of hydrogen-bond acceptors (Lipinski definition) is 5. The molecule has 1 unspecified atom stereocenters. The van der Waals surface area contributed by atoms with Gasteiger partial charge in [-0.15, -0.1) is 0 Å². The number of methoxy groups -OCH3 is 2. The smallest absolute Gasteiger partial charge is 0.275 e.